The third-order valence-electron chi connectivity index (χ3n) is 8.73. The standard InChI is InChI=1S/C37H68N2O7/c1-5-6-7-8-9-10-11-14-20-29-44-35(41)23-18-16-19-27-39-31-33(46-36(42)26-28-38(3)4)24-25-34(39)37(43)45-30-21-15-12-13-17-22-32(2)40/h33-34H,5-31H2,1-4H3. The summed E-state index contributed by atoms with van der Waals surface area (Å²) in [6, 6.07) is -0.339. The van der Waals surface area contributed by atoms with Crippen LogP contribution in [0.25, 0.3) is 0 Å². The summed E-state index contributed by atoms with van der Waals surface area (Å²) in [5.41, 5.74) is 0. The van der Waals surface area contributed by atoms with Crippen LogP contribution >= 0.6 is 0 Å². The van der Waals surface area contributed by atoms with Crippen LogP contribution < -0.4 is 0 Å². The molecule has 1 saturated heterocycles. The van der Waals surface area contributed by atoms with E-state index in [2.05, 4.69) is 11.8 Å². The Balaban J connectivity index is 2.36. The lowest BCUT2D eigenvalue weighted by molar-refractivity contribution is -0.159. The molecule has 2 atom stereocenters. The fraction of sp³-hybridized carbons (Fsp3) is 0.892. The Kier molecular flexibility index (Phi) is 25.6. The van der Waals surface area contributed by atoms with E-state index in [9.17, 15) is 19.2 Å². The normalized spacial score (nSPS) is 16.8. The monoisotopic (exact) mass is 653 g/mol. The van der Waals surface area contributed by atoms with Crippen LogP contribution in [0.3, 0.4) is 0 Å². The predicted molar refractivity (Wildman–Crippen MR) is 184 cm³/mol. The molecule has 1 aliphatic heterocycles. The van der Waals surface area contributed by atoms with E-state index in [0.717, 1.165) is 64.2 Å². The van der Waals surface area contributed by atoms with Gasteiger partial charge in [-0.05, 0) is 72.5 Å². The summed E-state index contributed by atoms with van der Waals surface area (Å²) in [5, 5.41) is 0. The van der Waals surface area contributed by atoms with Crippen LogP contribution in [-0.2, 0) is 33.4 Å². The Bertz CT molecular complexity index is 820. The minimum Gasteiger partial charge on any atom is -0.466 e. The van der Waals surface area contributed by atoms with Crippen molar-refractivity contribution in [2.75, 3.05) is 46.9 Å². The summed E-state index contributed by atoms with van der Waals surface area (Å²) >= 11 is 0. The van der Waals surface area contributed by atoms with Crippen molar-refractivity contribution in [2.45, 2.75) is 167 Å². The van der Waals surface area contributed by atoms with Gasteiger partial charge < -0.3 is 23.9 Å². The van der Waals surface area contributed by atoms with Gasteiger partial charge in [0.15, 0.2) is 0 Å². The van der Waals surface area contributed by atoms with Gasteiger partial charge in [-0.3, -0.25) is 19.3 Å². The van der Waals surface area contributed by atoms with E-state index >= 15 is 0 Å². The minimum atomic E-state index is -0.339. The average molecular weight is 653 g/mol. The van der Waals surface area contributed by atoms with Crippen molar-refractivity contribution in [3.8, 4) is 0 Å². The number of hydrogen-bond donors (Lipinski definition) is 0. The number of nitrogens with zero attached hydrogens (tertiary/aromatic N) is 2. The van der Waals surface area contributed by atoms with Crippen molar-refractivity contribution in [3.63, 3.8) is 0 Å². The molecule has 0 amide bonds. The topological polar surface area (TPSA) is 102 Å². The maximum atomic E-state index is 13.1. The molecule has 0 saturated carbocycles. The van der Waals surface area contributed by atoms with Crippen LogP contribution in [0.5, 0.6) is 0 Å². The van der Waals surface area contributed by atoms with E-state index in [4.69, 9.17) is 14.2 Å². The number of ketones is 1. The Morgan fingerprint density at radius 1 is 0.652 bits per heavy atom. The fourth-order valence-corrected chi connectivity index (χ4v) is 5.88. The first kappa shape index (κ1) is 42.0. The molecule has 0 spiro atoms. The molecule has 2 unspecified atom stereocenters. The van der Waals surface area contributed by atoms with Crippen LogP contribution in [-0.4, -0.2) is 92.6 Å². The van der Waals surface area contributed by atoms with E-state index in [1.165, 1.54) is 44.9 Å². The molecular weight excluding hydrogens is 584 g/mol. The number of unbranched alkanes of at least 4 members (excludes halogenated alkanes) is 14. The third-order valence-corrected chi connectivity index (χ3v) is 8.73. The van der Waals surface area contributed by atoms with Gasteiger partial charge in [0.2, 0.25) is 0 Å². The Hall–Kier alpha value is -2.00. The number of rotatable bonds is 29. The summed E-state index contributed by atoms with van der Waals surface area (Å²) in [7, 11) is 3.86. The molecule has 9 heteroatoms. The number of ether oxygens (including phenoxy) is 3. The van der Waals surface area contributed by atoms with Crippen molar-refractivity contribution >= 4 is 23.7 Å². The second kappa shape index (κ2) is 28.1. The van der Waals surface area contributed by atoms with Crippen LogP contribution in [0.2, 0.25) is 0 Å². The van der Waals surface area contributed by atoms with E-state index in [1.54, 1.807) is 6.92 Å². The molecule has 0 aromatic heterocycles. The van der Waals surface area contributed by atoms with Gasteiger partial charge in [-0.1, -0.05) is 84.0 Å². The molecule has 0 aliphatic carbocycles. The molecule has 1 aliphatic rings. The number of carbonyl (C=O) groups is 4. The van der Waals surface area contributed by atoms with Gasteiger partial charge in [-0.2, -0.15) is 0 Å². The lowest BCUT2D eigenvalue weighted by Gasteiger charge is -2.38. The van der Waals surface area contributed by atoms with E-state index in [0.29, 0.717) is 65.0 Å². The highest BCUT2D eigenvalue weighted by Crippen LogP contribution is 2.23. The Labute approximate surface area is 280 Å². The van der Waals surface area contributed by atoms with E-state index in [1.807, 2.05) is 19.0 Å². The average Bonchev–Trinajstić information content (AvgIpc) is 3.02. The quantitative estimate of drug-likeness (QED) is 0.0464. The van der Waals surface area contributed by atoms with Gasteiger partial charge in [0, 0.05) is 25.9 Å². The second-order valence-electron chi connectivity index (χ2n) is 13.5. The molecule has 1 heterocycles. The zero-order valence-corrected chi connectivity index (χ0v) is 30.0. The highest BCUT2D eigenvalue weighted by Gasteiger charge is 2.35. The van der Waals surface area contributed by atoms with Crippen molar-refractivity contribution < 1.29 is 33.4 Å². The number of esters is 3. The zero-order chi connectivity index (χ0) is 33.8. The number of piperidine rings is 1. The number of Topliss-reactive ketones (excluding diaryl/α,β-unsaturated/α-hetero) is 1. The van der Waals surface area contributed by atoms with Gasteiger partial charge in [-0.25, -0.2) is 0 Å². The van der Waals surface area contributed by atoms with Crippen molar-refractivity contribution in [1.29, 1.82) is 0 Å². The highest BCUT2D eigenvalue weighted by molar-refractivity contribution is 5.76. The number of carbonyl (C=O) groups excluding carboxylic acids is 4. The Morgan fingerprint density at radius 3 is 1.85 bits per heavy atom. The van der Waals surface area contributed by atoms with Crippen LogP contribution in [0.1, 0.15) is 155 Å². The summed E-state index contributed by atoms with van der Waals surface area (Å²) in [6.45, 7) is 6.63. The van der Waals surface area contributed by atoms with E-state index in [-0.39, 0.29) is 35.8 Å². The predicted octanol–water partition coefficient (Wildman–Crippen LogP) is 7.42. The van der Waals surface area contributed by atoms with Crippen molar-refractivity contribution in [3.05, 3.63) is 0 Å². The lowest BCUT2D eigenvalue weighted by Crippen LogP contribution is -2.51. The second-order valence-corrected chi connectivity index (χ2v) is 13.5. The van der Waals surface area contributed by atoms with Crippen LogP contribution in [0.15, 0.2) is 0 Å². The van der Waals surface area contributed by atoms with Crippen molar-refractivity contribution in [2.24, 2.45) is 0 Å². The zero-order valence-electron chi connectivity index (χ0n) is 30.0. The molecule has 0 bridgehead atoms. The summed E-state index contributed by atoms with van der Waals surface area (Å²) in [6.07, 6.45) is 20.8. The largest absolute Gasteiger partial charge is 0.466 e. The number of likely N-dealkylation sites (tertiary alicyclic amines) is 1. The first-order chi connectivity index (χ1) is 22.2. The molecular formula is C37H68N2O7. The molecule has 0 N–H and O–H groups in total. The fourth-order valence-electron chi connectivity index (χ4n) is 5.88. The summed E-state index contributed by atoms with van der Waals surface area (Å²) in [4.78, 5) is 52.8. The molecule has 9 nitrogen and oxygen atoms in total. The van der Waals surface area contributed by atoms with Crippen LogP contribution in [0, 0.1) is 0 Å². The maximum Gasteiger partial charge on any atom is 0.323 e. The smallest absolute Gasteiger partial charge is 0.323 e. The molecule has 0 aromatic carbocycles. The SMILES string of the molecule is CCCCCCCCCCCOC(=O)CCCCCN1CC(OC(=O)CCN(C)C)CCC1C(=O)OCCCCCCCC(C)=O. The van der Waals surface area contributed by atoms with Gasteiger partial charge >= 0.3 is 17.9 Å². The first-order valence-electron chi connectivity index (χ1n) is 18.6. The van der Waals surface area contributed by atoms with Gasteiger partial charge in [0.25, 0.3) is 0 Å². The Morgan fingerprint density at radius 2 is 1.22 bits per heavy atom. The molecule has 46 heavy (non-hydrogen) atoms. The van der Waals surface area contributed by atoms with Gasteiger partial charge in [-0.15, -0.1) is 0 Å². The molecule has 1 fully saturated rings. The highest BCUT2D eigenvalue weighted by atomic mass is 16.5. The summed E-state index contributed by atoms with van der Waals surface area (Å²) in [5.74, 6) is -0.292. The maximum absolute atomic E-state index is 13.1. The molecule has 0 aromatic rings. The number of hydrogen-bond acceptors (Lipinski definition) is 9. The lowest BCUT2D eigenvalue weighted by atomic mass is 9.99. The first-order valence-corrected chi connectivity index (χ1v) is 18.6. The van der Waals surface area contributed by atoms with Crippen LogP contribution in [0.4, 0.5) is 0 Å². The minimum absolute atomic E-state index is 0.123. The molecule has 268 valence electrons. The van der Waals surface area contributed by atoms with Crippen molar-refractivity contribution in [1.82, 2.24) is 9.80 Å². The summed E-state index contributed by atoms with van der Waals surface area (Å²) < 4.78 is 16.9. The van der Waals surface area contributed by atoms with E-state index < -0.39 is 0 Å². The third kappa shape index (κ3) is 23.3. The molecule has 0 radical (unpaired) electrons. The molecule has 1 rings (SSSR count). The van der Waals surface area contributed by atoms with Gasteiger partial charge in [0.05, 0.1) is 19.6 Å². The van der Waals surface area contributed by atoms with Gasteiger partial charge in [0.1, 0.15) is 17.9 Å².